The van der Waals surface area contributed by atoms with Crippen LogP contribution in [0.15, 0.2) is 23.2 Å². The van der Waals surface area contributed by atoms with Gasteiger partial charge in [0.15, 0.2) is 5.96 Å². The van der Waals surface area contributed by atoms with Gasteiger partial charge in [-0.3, -0.25) is 9.79 Å². The number of guanidine groups is 1. The zero-order valence-electron chi connectivity index (χ0n) is 16.6. The predicted molar refractivity (Wildman–Crippen MR) is 114 cm³/mol. The molecule has 3 N–H and O–H groups in total. The quantitative estimate of drug-likeness (QED) is 0.492. The van der Waals surface area contributed by atoms with E-state index in [1.54, 1.807) is 7.05 Å². The first-order valence-corrected chi connectivity index (χ1v) is 10.1. The molecule has 1 aromatic carbocycles. The van der Waals surface area contributed by atoms with Gasteiger partial charge in [-0.05, 0) is 50.4 Å². The molecule has 0 spiro atoms. The minimum atomic E-state index is -0.0726. The number of benzene rings is 1. The molecule has 1 fully saturated rings. The second-order valence-electron chi connectivity index (χ2n) is 7.04. The Bertz CT molecular complexity index is 641. The molecule has 1 aliphatic rings. The maximum atomic E-state index is 12.1. The van der Waals surface area contributed by atoms with Crippen molar-refractivity contribution in [2.24, 2.45) is 4.99 Å². The number of likely N-dealkylation sites (tertiary alicyclic amines) is 1. The molecule has 1 saturated heterocycles. The summed E-state index contributed by atoms with van der Waals surface area (Å²) in [5.74, 6) is 0.682. The van der Waals surface area contributed by atoms with Crippen LogP contribution in [0.25, 0.3) is 0 Å². The molecule has 0 bridgehead atoms. The van der Waals surface area contributed by atoms with Crippen LogP contribution in [0.4, 0.5) is 5.69 Å². The van der Waals surface area contributed by atoms with E-state index in [4.69, 9.17) is 11.6 Å². The van der Waals surface area contributed by atoms with E-state index in [1.165, 1.54) is 13.0 Å². The highest BCUT2D eigenvalue weighted by atomic mass is 35.5. The number of carbonyl (C=O) groups is 1. The Kier molecular flexibility index (Phi) is 8.88. The van der Waals surface area contributed by atoms with Crippen molar-refractivity contribution in [3.63, 3.8) is 0 Å². The number of hydrogen-bond acceptors (Lipinski definition) is 3. The number of anilines is 1. The molecule has 6 nitrogen and oxygen atoms in total. The van der Waals surface area contributed by atoms with Gasteiger partial charge >= 0.3 is 0 Å². The first-order valence-electron chi connectivity index (χ1n) is 9.77. The molecule has 27 heavy (non-hydrogen) atoms. The molecule has 1 aliphatic heterocycles. The lowest BCUT2D eigenvalue weighted by Gasteiger charge is -2.32. The van der Waals surface area contributed by atoms with Crippen LogP contribution < -0.4 is 16.0 Å². The van der Waals surface area contributed by atoms with Crippen LogP contribution in [0, 0.1) is 6.92 Å². The van der Waals surface area contributed by atoms with E-state index in [0.29, 0.717) is 29.7 Å². The van der Waals surface area contributed by atoms with Crippen molar-refractivity contribution in [2.75, 3.05) is 38.5 Å². The Morgan fingerprint density at radius 3 is 2.70 bits per heavy atom. The topological polar surface area (TPSA) is 68.8 Å². The lowest BCUT2D eigenvalue weighted by Crippen LogP contribution is -2.49. The first kappa shape index (κ1) is 21.5. The summed E-state index contributed by atoms with van der Waals surface area (Å²) in [6.07, 6.45) is 3.79. The van der Waals surface area contributed by atoms with E-state index < -0.39 is 0 Å². The number of amides is 1. The standard InChI is InChI=1S/C20H32ClN5O/c1-4-11-26-12-8-16(9-13-26)24-20(22-3)23-10-7-19(27)25-18-6-5-15(2)14-17(18)21/h5-6,14,16H,4,7-13H2,1-3H3,(H,25,27)(H2,22,23,24). The van der Waals surface area contributed by atoms with E-state index in [9.17, 15) is 4.79 Å². The molecule has 0 radical (unpaired) electrons. The number of halogens is 1. The largest absolute Gasteiger partial charge is 0.356 e. The Labute approximate surface area is 167 Å². The summed E-state index contributed by atoms with van der Waals surface area (Å²) >= 11 is 6.16. The zero-order valence-corrected chi connectivity index (χ0v) is 17.4. The predicted octanol–water partition coefficient (Wildman–Crippen LogP) is 3.02. The van der Waals surface area contributed by atoms with Gasteiger partial charge in [-0.1, -0.05) is 24.6 Å². The number of nitrogens with zero attached hydrogens (tertiary/aromatic N) is 2. The molecule has 2 rings (SSSR count). The summed E-state index contributed by atoms with van der Waals surface area (Å²) in [6, 6.07) is 6.03. The number of piperidine rings is 1. The maximum Gasteiger partial charge on any atom is 0.226 e. The van der Waals surface area contributed by atoms with Crippen molar-refractivity contribution in [1.29, 1.82) is 0 Å². The van der Waals surface area contributed by atoms with Crippen LogP contribution in [0.5, 0.6) is 0 Å². The van der Waals surface area contributed by atoms with Crippen LogP contribution in [0.1, 0.15) is 38.2 Å². The van der Waals surface area contributed by atoms with Gasteiger partial charge in [0, 0.05) is 39.1 Å². The van der Waals surface area contributed by atoms with Gasteiger partial charge in [0.2, 0.25) is 5.91 Å². The fraction of sp³-hybridized carbons (Fsp3) is 0.600. The third-order valence-corrected chi connectivity index (χ3v) is 5.05. The summed E-state index contributed by atoms with van der Waals surface area (Å²) in [6.45, 7) is 8.14. The average Bonchev–Trinajstić information content (AvgIpc) is 2.65. The summed E-state index contributed by atoms with van der Waals surface area (Å²) in [5.41, 5.74) is 1.71. The molecule has 1 amide bonds. The van der Waals surface area contributed by atoms with Gasteiger partial charge in [0.25, 0.3) is 0 Å². The van der Waals surface area contributed by atoms with Gasteiger partial charge in [0.05, 0.1) is 10.7 Å². The van der Waals surface area contributed by atoms with E-state index in [-0.39, 0.29) is 5.91 Å². The molecule has 1 aromatic rings. The molecule has 0 atom stereocenters. The van der Waals surface area contributed by atoms with Gasteiger partial charge in [-0.15, -0.1) is 0 Å². The number of nitrogens with one attached hydrogen (secondary N) is 3. The van der Waals surface area contributed by atoms with Crippen LogP contribution in [-0.2, 0) is 4.79 Å². The number of carbonyl (C=O) groups excluding carboxylic acids is 1. The normalized spacial score (nSPS) is 16.2. The fourth-order valence-corrected chi connectivity index (χ4v) is 3.52. The van der Waals surface area contributed by atoms with E-state index >= 15 is 0 Å². The number of aryl methyl sites for hydroxylation is 1. The highest BCUT2D eigenvalue weighted by molar-refractivity contribution is 6.33. The molecule has 7 heteroatoms. The van der Waals surface area contributed by atoms with E-state index in [2.05, 4.69) is 32.8 Å². The molecule has 150 valence electrons. The van der Waals surface area contributed by atoms with Crippen molar-refractivity contribution < 1.29 is 4.79 Å². The van der Waals surface area contributed by atoms with Crippen LogP contribution in [0.3, 0.4) is 0 Å². The van der Waals surface area contributed by atoms with Crippen molar-refractivity contribution >= 4 is 29.2 Å². The summed E-state index contributed by atoms with van der Waals surface area (Å²) in [5, 5.41) is 10.1. The first-order chi connectivity index (χ1) is 13.0. The molecular formula is C20H32ClN5O. The Morgan fingerprint density at radius 1 is 1.33 bits per heavy atom. The molecule has 1 heterocycles. The van der Waals surface area contributed by atoms with Crippen LogP contribution in [0.2, 0.25) is 5.02 Å². The van der Waals surface area contributed by atoms with Gasteiger partial charge in [-0.25, -0.2) is 0 Å². The van der Waals surface area contributed by atoms with E-state index in [1.807, 2.05) is 25.1 Å². The van der Waals surface area contributed by atoms with Gasteiger partial charge in [-0.2, -0.15) is 0 Å². The van der Waals surface area contributed by atoms with Crippen molar-refractivity contribution in [2.45, 2.75) is 45.6 Å². The minimum Gasteiger partial charge on any atom is -0.356 e. The molecule has 0 aromatic heterocycles. The monoisotopic (exact) mass is 393 g/mol. The highest BCUT2D eigenvalue weighted by Crippen LogP contribution is 2.22. The fourth-order valence-electron chi connectivity index (χ4n) is 3.23. The summed E-state index contributed by atoms with van der Waals surface area (Å²) in [7, 11) is 1.76. The smallest absolute Gasteiger partial charge is 0.226 e. The van der Waals surface area contributed by atoms with Gasteiger partial charge < -0.3 is 20.9 Å². The Balaban J connectivity index is 1.69. The van der Waals surface area contributed by atoms with Crippen molar-refractivity contribution in [1.82, 2.24) is 15.5 Å². The molecule has 0 saturated carbocycles. The number of rotatable bonds is 7. The number of aliphatic imine (C=N–C) groups is 1. The molecular weight excluding hydrogens is 362 g/mol. The second kappa shape index (κ2) is 11.1. The number of hydrogen-bond donors (Lipinski definition) is 3. The molecule has 0 aliphatic carbocycles. The minimum absolute atomic E-state index is 0.0726. The highest BCUT2D eigenvalue weighted by Gasteiger charge is 2.19. The zero-order chi connectivity index (χ0) is 19.6. The third-order valence-electron chi connectivity index (χ3n) is 4.74. The lowest BCUT2D eigenvalue weighted by atomic mass is 10.1. The Morgan fingerprint density at radius 2 is 2.07 bits per heavy atom. The Hall–Kier alpha value is -1.79. The van der Waals surface area contributed by atoms with Crippen molar-refractivity contribution in [3.05, 3.63) is 28.8 Å². The van der Waals surface area contributed by atoms with Crippen LogP contribution >= 0.6 is 11.6 Å². The SMILES string of the molecule is CCCN1CCC(NC(=NC)NCCC(=O)Nc2ccc(C)cc2Cl)CC1. The van der Waals surface area contributed by atoms with E-state index in [0.717, 1.165) is 37.5 Å². The average molecular weight is 394 g/mol. The summed E-state index contributed by atoms with van der Waals surface area (Å²) in [4.78, 5) is 18.9. The third kappa shape index (κ3) is 7.39. The van der Waals surface area contributed by atoms with Gasteiger partial charge in [0.1, 0.15) is 0 Å². The maximum absolute atomic E-state index is 12.1. The second-order valence-corrected chi connectivity index (χ2v) is 7.45. The van der Waals surface area contributed by atoms with Crippen LogP contribution in [-0.4, -0.2) is 56.0 Å². The lowest BCUT2D eigenvalue weighted by molar-refractivity contribution is -0.116. The van der Waals surface area contributed by atoms with Crippen molar-refractivity contribution in [3.8, 4) is 0 Å². The summed E-state index contributed by atoms with van der Waals surface area (Å²) < 4.78 is 0. The molecule has 0 unspecified atom stereocenters.